The Bertz CT molecular complexity index is 421. The highest BCUT2D eigenvalue weighted by Gasteiger charge is 2.22. The van der Waals surface area contributed by atoms with E-state index in [0.717, 1.165) is 37.3 Å². The summed E-state index contributed by atoms with van der Waals surface area (Å²) in [5.41, 5.74) is 3.42. The van der Waals surface area contributed by atoms with Crippen molar-refractivity contribution in [3.8, 4) is 0 Å². The summed E-state index contributed by atoms with van der Waals surface area (Å²) < 4.78 is 0. The minimum Gasteiger partial charge on any atom is -0.384 e. The number of nitrogens with one attached hydrogen (secondary N) is 1. The lowest BCUT2D eigenvalue weighted by atomic mass is 10.0. The monoisotopic (exact) mass is 215 g/mol. The molecule has 2 heteroatoms. The standard InChI is InChI=1S/C14H17NO/c16-14(6-3-10-1-2-10)12-4-5-13-11(9-12)7-8-15-13/h4-5,9-10,15H,1-3,6-8H2. The van der Waals surface area contributed by atoms with Crippen molar-refractivity contribution in [1.29, 1.82) is 0 Å². The largest absolute Gasteiger partial charge is 0.384 e. The molecule has 1 heterocycles. The Labute approximate surface area is 96.1 Å². The van der Waals surface area contributed by atoms with Crippen LogP contribution < -0.4 is 5.32 Å². The van der Waals surface area contributed by atoms with Crippen LogP contribution >= 0.6 is 0 Å². The summed E-state index contributed by atoms with van der Waals surface area (Å²) in [6, 6.07) is 6.09. The van der Waals surface area contributed by atoms with E-state index in [9.17, 15) is 4.79 Å². The summed E-state index contributed by atoms with van der Waals surface area (Å²) in [6.07, 6.45) is 5.55. The fourth-order valence-electron chi connectivity index (χ4n) is 2.36. The molecule has 0 spiro atoms. The van der Waals surface area contributed by atoms with E-state index in [-0.39, 0.29) is 0 Å². The topological polar surface area (TPSA) is 29.1 Å². The molecule has 0 unspecified atom stereocenters. The maximum Gasteiger partial charge on any atom is 0.162 e. The molecule has 1 fully saturated rings. The lowest BCUT2D eigenvalue weighted by Crippen LogP contribution is -2.00. The highest BCUT2D eigenvalue weighted by molar-refractivity contribution is 5.96. The number of hydrogen-bond acceptors (Lipinski definition) is 2. The Morgan fingerprint density at radius 1 is 1.38 bits per heavy atom. The number of benzene rings is 1. The molecule has 0 saturated heterocycles. The second kappa shape index (κ2) is 3.93. The Balaban J connectivity index is 1.70. The number of hydrogen-bond donors (Lipinski definition) is 1. The minimum absolute atomic E-state index is 0.321. The molecular formula is C14H17NO. The van der Waals surface area contributed by atoms with E-state index in [1.54, 1.807) is 0 Å². The van der Waals surface area contributed by atoms with Crippen LogP contribution in [0.25, 0.3) is 0 Å². The van der Waals surface area contributed by atoms with Gasteiger partial charge >= 0.3 is 0 Å². The molecule has 1 aromatic carbocycles. The van der Waals surface area contributed by atoms with Gasteiger partial charge in [-0.1, -0.05) is 12.8 Å². The average molecular weight is 215 g/mol. The van der Waals surface area contributed by atoms with Crippen molar-refractivity contribution in [2.24, 2.45) is 5.92 Å². The highest BCUT2D eigenvalue weighted by Crippen LogP contribution is 2.34. The lowest BCUT2D eigenvalue weighted by molar-refractivity contribution is 0.0978. The Kier molecular flexibility index (Phi) is 2.43. The SMILES string of the molecule is O=C(CCC1CC1)c1ccc2c(c1)CCN2. The van der Waals surface area contributed by atoms with E-state index in [0.29, 0.717) is 5.78 Å². The Hall–Kier alpha value is -1.31. The summed E-state index contributed by atoms with van der Waals surface area (Å²) in [5, 5.41) is 3.32. The van der Waals surface area contributed by atoms with Crippen molar-refractivity contribution in [3.63, 3.8) is 0 Å². The summed E-state index contributed by atoms with van der Waals surface area (Å²) in [4.78, 5) is 12.0. The summed E-state index contributed by atoms with van der Waals surface area (Å²) in [7, 11) is 0. The molecular weight excluding hydrogens is 198 g/mol. The van der Waals surface area contributed by atoms with Crippen LogP contribution in [0.4, 0.5) is 5.69 Å². The number of anilines is 1. The fraction of sp³-hybridized carbons (Fsp3) is 0.500. The van der Waals surface area contributed by atoms with Gasteiger partial charge in [-0.05, 0) is 42.5 Å². The van der Waals surface area contributed by atoms with Crippen LogP contribution in [0.3, 0.4) is 0 Å². The van der Waals surface area contributed by atoms with Gasteiger partial charge in [0.2, 0.25) is 0 Å². The van der Waals surface area contributed by atoms with E-state index in [2.05, 4.69) is 11.4 Å². The van der Waals surface area contributed by atoms with Crippen molar-refractivity contribution in [3.05, 3.63) is 29.3 Å². The van der Waals surface area contributed by atoms with Gasteiger partial charge in [-0.3, -0.25) is 4.79 Å². The van der Waals surface area contributed by atoms with E-state index in [1.165, 1.54) is 24.1 Å². The molecule has 1 aromatic rings. The van der Waals surface area contributed by atoms with Gasteiger partial charge in [-0.25, -0.2) is 0 Å². The number of fused-ring (bicyclic) bond motifs is 1. The van der Waals surface area contributed by atoms with Crippen molar-refractivity contribution >= 4 is 11.5 Å². The molecule has 3 rings (SSSR count). The number of carbonyl (C=O) groups excluding carboxylic acids is 1. The average Bonchev–Trinajstić information content (AvgIpc) is 3.01. The van der Waals surface area contributed by atoms with E-state index in [4.69, 9.17) is 0 Å². The molecule has 0 aromatic heterocycles. The molecule has 0 bridgehead atoms. The first-order valence-electron chi connectivity index (χ1n) is 6.23. The van der Waals surface area contributed by atoms with Gasteiger partial charge in [0.25, 0.3) is 0 Å². The van der Waals surface area contributed by atoms with Gasteiger partial charge in [0.1, 0.15) is 0 Å². The fourth-order valence-corrected chi connectivity index (χ4v) is 2.36. The summed E-state index contributed by atoms with van der Waals surface area (Å²) >= 11 is 0. The Morgan fingerprint density at radius 2 is 2.25 bits per heavy atom. The third kappa shape index (κ3) is 1.97. The van der Waals surface area contributed by atoms with Crippen molar-refractivity contribution in [1.82, 2.24) is 0 Å². The molecule has 1 saturated carbocycles. The van der Waals surface area contributed by atoms with Crippen LogP contribution in [0.5, 0.6) is 0 Å². The lowest BCUT2D eigenvalue weighted by Gasteiger charge is -2.04. The maximum atomic E-state index is 12.0. The van der Waals surface area contributed by atoms with Gasteiger partial charge in [0, 0.05) is 24.2 Å². The maximum absolute atomic E-state index is 12.0. The van der Waals surface area contributed by atoms with Crippen LogP contribution in [0.1, 0.15) is 41.6 Å². The quantitative estimate of drug-likeness (QED) is 0.782. The predicted molar refractivity (Wildman–Crippen MR) is 64.9 cm³/mol. The van der Waals surface area contributed by atoms with Crippen molar-refractivity contribution < 1.29 is 4.79 Å². The second-order valence-corrected chi connectivity index (χ2v) is 4.95. The zero-order chi connectivity index (χ0) is 11.0. The van der Waals surface area contributed by atoms with Crippen LogP contribution in [0, 0.1) is 5.92 Å². The smallest absolute Gasteiger partial charge is 0.162 e. The number of Topliss-reactive ketones (excluding diaryl/α,β-unsaturated/α-hetero) is 1. The zero-order valence-electron chi connectivity index (χ0n) is 9.46. The minimum atomic E-state index is 0.321. The van der Waals surface area contributed by atoms with Crippen molar-refractivity contribution in [2.75, 3.05) is 11.9 Å². The van der Waals surface area contributed by atoms with Crippen LogP contribution in [-0.4, -0.2) is 12.3 Å². The van der Waals surface area contributed by atoms with Gasteiger partial charge in [-0.15, -0.1) is 0 Å². The molecule has 0 atom stereocenters. The van der Waals surface area contributed by atoms with E-state index < -0.39 is 0 Å². The summed E-state index contributed by atoms with van der Waals surface area (Å²) in [6.45, 7) is 1.01. The first-order chi connectivity index (χ1) is 7.83. The number of carbonyl (C=O) groups is 1. The van der Waals surface area contributed by atoms with Crippen molar-refractivity contribution in [2.45, 2.75) is 32.1 Å². The normalized spacial score (nSPS) is 18.0. The van der Waals surface area contributed by atoms with E-state index in [1.807, 2.05) is 12.1 Å². The molecule has 0 radical (unpaired) electrons. The highest BCUT2D eigenvalue weighted by atomic mass is 16.1. The molecule has 16 heavy (non-hydrogen) atoms. The molecule has 84 valence electrons. The number of rotatable bonds is 4. The predicted octanol–water partition coefficient (Wildman–Crippen LogP) is 3.03. The van der Waals surface area contributed by atoms with Crippen LogP contribution in [0.2, 0.25) is 0 Å². The van der Waals surface area contributed by atoms with Gasteiger partial charge in [-0.2, -0.15) is 0 Å². The number of ketones is 1. The van der Waals surface area contributed by atoms with Gasteiger partial charge < -0.3 is 5.32 Å². The van der Waals surface area contributed by atoms with Gasteiger partial charge in [0.15, 0.2) is 5.78 Å². The van der Waals surface area contributed by atoms with Crippen LogP contribution in [-0.2, 0) is 6.42 Å². The first kappa shape index (κ1) is 9.88. The molecule has 2 nitrogen and oxygen atoms in total. The molecule has 1 aliphatic heterocycles. The Morgan fingerprint density at radius 3 is 3.06 bits per heavy atom. The molecule has 1 N–H and O–H groups in total. The molecule has 0 amide bonds. The zero-order valence-corrected chi connectivity index (χ0v) is 9.46. The summed E-state index contributed by atoms with van der Waals surface area (Å²) in [5.74, 6) is 1.17. The second-order valence-electron chi connectivity index (χ2n) is 4.95. The molecule has 2 aliphatic rings. The molecule has 1 aliphatic carbocycles. The first-order valence-corrected chi connectivity index (χ1v) is 6.23. The van der Waals surface area contributed by atoms with E-state index >= 15 is 0 Å². The third-order valence-corrected chi connectivity index (χ3v) is 3.61. The van der Waals surface area contributed by atoms with Gasteiger partial charge in [0.05, 0.1) is 0 Å². The third-order valence-electron chi connectivity index (χ3n) is 3.61. The van der Waals surface area contributed by atoms with Crippen LogP contribution in [0.15, 0.2) is 18.2 Å².